The van der Waals surface area contributed by atoms with Gasteiger partial charge in [0.15, 0.2) is 0 Å². The largest absolute Gasteiger partial charge is 0.366 e. The fourth-order valence-corrected chi connectivity index (χ4v) is 2.24. The number of benzene rings is 1. The molecule has 0 aliphatic rings. The lowest BCUT2D eigenvalue weighted by atomic mass is 10.2. The average Bonchev–Trinajstić information content (AvgIpc) is 2.60. The van der Waals surface area contributed by atoms with Crippen molar-refractivity contribution in [1.82, 2.24) is 15.0 Å². The Balaban J connectivity index is 1.66. The summed E-state index contributed by atoms with van der Waals surface area (Å²) in [5, 5.41) is 6.29. The van der Waals surface area contributed by atoms with Crippen LogP contribution in [0.4, 0.5) is 16.2 Å². The summed E-state index contributed by atoms with van der Waals surface area (Å²) in [5.41, 5.74) is 2.32. The lowest BCUT2D eigenvalue weighted by Gasteiger charge is -2.10. The van der Waals surface area contributed by atoms with Gasteiger partial charge in [0.1, 0.15) is 11.6 Å². The zero-order valence-electron chi connectivity index (χ0n) is 13.3. The van der Waals surface area contributed by atoms with Crippen molar-refractivity contribution in [2.75, 3.05) is 10.6 Å². The molecular formula is C18H18FN5. The molecule has 6 heteroatoms. The number of hydrogen-bond donors (Lipinski definition) is 2. The van der Waals surface area contributed by atoms with Gasteiger partial charge < -0.3 is 10.6 Å². The van der Waals surface area contributed by atoms with Crippen LogP contribution in [0.5, 0.6) is 0 Å². The fraction of sp³-hybridized carbons (Fsp3) is 0.167. The maximum absolute atomic E-state index is 13.7. The molecule has 0 atom stereocenters. The van der Waals surface area contributed by atoms with Crippen molar-refractivity contribution in [2.24, 2.45) is 0 Å². The van der Waals surface area contributed by atoms with Crippen molar-refractivity contribution < 1.29 is 4.39 Å². The highest BCUT2D eigenvalue weighted by molar-refractivity contribution is 5.43. The second kappa shape index (κ2) is 7.50. The summed E-state index contributed by atoms with van der Waals surface area (Å²) < 4.78 is 13.7. The smallest absolute Gasteiger partial charge is 0.225 e. The van der Waals surface area contributed by atoms with Crippen LogP contribution in [0.1, 0.15) is 17.0 Å². The Bertz CT molecular complexity index is 808. The molecule has 0 spiro atoms. The normalized spacial score (nSPS) is 10.4. The second-order valence-electron chi connectivity index (χ2n) is 5.34. The van der Waals surface area contributed by atoms with Gasteiger partial charge in [0.2, 0.25) is 5.95 Å². The second-order valence-corrected chi connectivity index (χ2v) is 5.34. The highest BCUT2D eigenvalue weighted by Gasteiger charge is 2.05. The summed E-state index contributed by atoms with van der Waals surface area (Å²) in [6, 6.07) is 14.2. The first-order valence-electron chi connectivity index (χ1n) is 7.67. The third-order valence-corrected chi connectivity index (χ3v) is 3.43. The molecule has 0 aliphatic heterocycles. The fourth-order valence-electron chi connectivity index (χ4n) is 2.24. The maximum atomic E-state index is 13.7. The molecule has 0 amide bonds. The standard InChI is InChI=1S/C18H18FN5/c1-13-10-17(21-11-14-6-2-3-8-16(14)19)24-18(23-13)22-12-15-7-4-5-9-20-15/h2-10H,11-12H2,1H3,(H2,21,22,23,24). The molecular weight excluding hydrogens is 305 g/mol. The van der Waals surface area contributed by atoms with E-state index >= 15 is 0 Å². The first-order chi connectivity index (χ1) is 11.7. The minimum absolute atomic E-state index is 0.232. The van der Waals surface area contributed by atoms with Crippen LogP contribution in [0.15, 0.2) is 54.7 Å². The zero-order valence-corrected chi connectivity index (χ0v) is 13.3. The van der Waals surface area contributed by atoms with Gasteiger partial charge >= 0.3 is 0 Å². The topological polar surface area (TPSA) is 62.7 Å². The molecule has 2 N–H and O–H groups in total. The van der Waals surface area contributed by atoms with Crippen molar-refractivity contribution in [3.63, 3.8) is 0 Å². The van der Waals surface area contributed by atoms with Gasteiger partial charge in [0.25, 0.3) is 0 Å². The van der Waals surface area contributed by atoms with E-state index in [1.54, 1.807) is 18.3 Å². The molecule has 0 radical (unpaired) electrons. The summed E-state index contributed by atoms with van der Waals surface area (Å²) in [6.45, 7) is 2.79. The van der Waals surface area contributed by atoms with Gasteiger partial charge in [-0.3, -0.25) is 4.98 Å². The van der Waals surface area contributed by atoms with Gasteiger partial charge in [-0.25, -0.2) is 9.37 Å². The van der Waals surface area contributed by atoms with Crippen molar-refractivity contribution in [2.45, 2.75) is 20.0 Å². The number of aromatic nitrogens is 3. The summed E-state index contributed by atoms with van der Waals surface area (Å²) >= 11 is 0. The van der Waals surface area contributed by atoms with Gasteiger partial charge in [-0.15, -0.1) is 0 Å². The molecule has 2 heterocycles. The molecule has 5 nitrogen and oxygen atoms in total. The van der Waals surface area contributed by atoms with E-state index in [4.69, 9.17) is 0 Å². The summed E-state index contributed by atoms with van der Waals surface area (Å²) in [7, 11) is 0. The molecule has 0 bridgehead atoms. The highest BCUT2D eigenvalue weighted by atomic mass is 19.1. The molecule has 0 saturated carbocycles. The molecule has 24 heavy (non-hydrogen) atoms. The highest BCUT2D eigenvalue weighted by Crippen LogP contribution is 2.13. The Kier molecular flexibility index (Phi) is 4.96. The average molecular weight is 323 g/mol. The van der Waals surface area contributed by atoms with E-state index in [1.165, 1.54) is 6.07 Å². The van der Waals surface area contributed by atoms with Crippen molar-refractivity contribution in [1.29, 1.82) is 0 Å². The number of aryl methyl sites for hydroxylation is 1. The molecule has 122 valence electrons. The third kappa shape index (κ3) is 4.25. The van der Waals surface area contributed by atoms with Crippen LogP contribution in [0.3, 0.4) is 0 Å². The van der Waals surface area contributed by atoms with Crippen molar-refractivity contribution >= 4 is 11.8 Å². The van der Waals surface area contributed by atoms with E-state index in [1.807, 2.05) is 37.3 Å². The molecule has 1 aromatic carbocycles. The van der Waals surface area contributed by atoms with Gasteiger partial charge in [-0.2, -0.15) is 4.98 Å². The zero-order chi connectivity index (χ0) is 16.8. The maximum Gasteiger partial charge on any atom is 0.225 e. The van der Waals surface area contributed by atoms with Gasteiger partial charge in [0.05, 0.1) is 12.2 Å². The number of nitrogens with zero attached hydrogens (tertiary/aromatic N) is 3. The Morgan fingerprint density at radius 2 is 1.79 bits per heavy atom. The SMILES string of the molecule is Cc1cc(NCc2ccccc2F)nc(NCc2ccccn2)n1. The van der Waals surface area contributed by atoms with E-state index in [9.17, 15) is 4.39 Å². The predicted octanol–water partition coefficient (Wildman–Crippen LogP) is 3.54. The Hall–Kier alpha value is -3.02. The Labute approximate surface area is 140 Å². The van der Waals surface area contributed by atoms with Crippen LogP contribution in [-0.2, 0) is 13.1 Å². The van der Waals surface area contributed by atoms with Gasteiger partial charge in [-0.05, 0) is 25.1 Å². The number of halogens is 1. The molecule has 2 aromatic heterocycles. The Morgan fingerprint density at radius 1 is 0.958 bits per heavy atom. The number of pyridine rings is 1. The summed E-state index contributed by atoms with van der Waals surface area (Å²) in [6.07, 6.45) is 1.75. The number of hydrogen-bond acceptors (Lipinski definition) is 5. The van der Waals surface area contributed by atoms with E-state index < -0.39 is 0 Å². The van der Waals surface area contributed by atoms with E-state index in [0.29, 0.717) is 30.4 Å². The van der Waals surface area contributed by atoms with Crippen LogP contribution in [-0.4, -0.2) is 15.0 Å². The first kappa shape index (κ1) is 15.9. The van der Waals surface area contributed by atoms with Crippen LogP contribution in [0.2, 0.25) is 0 Å². The van der Waals surface area contributed by atoms with Crippen molar-refractivity contribution in [3.8, 4) is 0 Å². The molecule has 0 fully saturated rings. The van der Waals surface area contributed by atoms with Crippen molar-refractivity contribution in [3.05, 3.63) is 77.5 Å². The molecule has 0 aliphatic carbocycles. The van der Waals surface area contributed by atoms with E-state index in [-0.39, 0.29) is 5.82 Å². The number of rotatable bonds is 6. The van der Waals surface area contributed by atoms with Crippen LogP contribution in [0.25, 0.3) is 0 Å². The minimum Gasteiger partial charge on any atom is -0.366 e. The van der Waals surface area contributed by atoms with E-state index in [2.05, 4.69) is 25.6 Å². The summed E-state index contributed by atoms with van der Waals surface area (Å²) in [5.74, 6) is 0.926. The van der Waals surface area contributed by atoms with E-state index in [0.717, 1.165) is 11.4 Å². The predicted molar refractivity (Wildman–Crippen MR) is 92.1 cm³/mol. The van der Waals surface area contributed by atoms with Crippen LogP contribution < -0.4 is 10.6 Å². The van der Waals surface area contributed by atoms with Crippen LogP contribution >= 0.6 is 0 Å². The monoisotopic (exact) mass is 323 g/mol. The van der Waals surface area contributed by atoms with Gasteiger partial charge in [0, 0.05) is 30.1 Å². The number of anilines is 2. The number of nitrogens with one attached hydrogen (secondary N) is 2. The molecule has 3 rings (SSSR count). The lowest BCUT2D eigenvalue weighted by molar-refractivity contribution is 0.613. The van der Waals surface area contributed by atoms with Gasteiger partial charge in [-0.1, -0.05) is 24.3 Å². The molecule has 0 saturated heterocycles. The molecule has 0 unspecified atom stereocenters. The first-order valence-corrected chi connectivity index (χ1v) is 7.67. The third-order valence-electron chi connectivity index (χ3n) is 3.43. The lowest BCUT2D eigenvalue weighted by Crippen LogP contribution is -2.09. The molecule has 3 aromatic rings. The Morgan fingerprint density at radius 3 is 2.58 bits per heavy atom. The quantitative estimate of drug-likeness (QED) is 0.726. The minimum atomic E-state index is -0.232. The summed E-state index contributed by atoms with van der Waals surface area (Å²) in [4.78, 5) is 13.0. The van der Waals surface area contributed by atoms with Crippen LogP contribution in [0, 0.1) is 12.7 Å².